The SMILES string of the molecule is CC(C)C(C)N(C)C(=O)NC1CCCC(C(=O)O)C1. The molecule has 3 atom stereocenters. The average molecular weight is 270 g/mol. The summed E-state index contributed by atoms with van der Waals surface area (Å²) >= 11 is 0. The van der Waals surface area contributed by atoms with E-state index in [4.69, 9.17) is 5.11 Å². The lowest BCUT2D eigenvalue weighted by atomic mass is 9.86. The lowest BCUT2D eigenvalue weighted by Gasteiger charge is -2.32. The normalized spacial score (nSPS) is 24.9. The number of aliphatic carboxylic acids is 1. The Kier molecular flexibility index (Phi) is 5.63. The molecular weight excluding hydrogens is 244 g/mol. The summed E-state index contributed by atoms with van der Waals surface area (Å²) in [5.74, 6) is -0.663. The van der Waals surface area contributed by atoms with E-state index in [2.05, 4.69) is 19.2 Å². The van der Waals surface area contributed by atoms with Gasteiger partial charge < -0.3 is 15.3 Å². The predicted molar refractivity (Wildman–Crippen MR) is 74.0 cm³/mol. The highest BCUT2D eigenvalue weighted by molar-refractivity contribution is 5.75. The molecule has 0 bridgehead atoms. The second-order valence-electron chi connectivity index (χ2n) is 5.94. The van der Waals surface area contributed by atoms with E-state index in [1.165, 1.54) is 0 Å². The van der Waals surface area contributed by atoms with Crippen molar-refractivity contribution in [2.24, 2.45) is 11.8 Å². The topological polar surface area (TPSA) is 69.6 Å². The molecule has 0 aromatic carbocycles. The summed E-state index contributed by atoms with van der Waals surface area (Å²) < 4.78 is 0. The van der Waals surface area contributed by atoms with Crippen LogP contribution in [0.15, 0.2) is 0 Å². The number of carboxylic acids is 1. The molecule has 110 valence electrons. The minimum absolute atomic E-state index is 0.0100. The van der Waals surface area contributed by atoms with Gasteiger partial charge in [0.05, 0.1) is 5.92 Å². The molecule has 1 aliphatic rings. The number of rotatable bonds is 4. The van der Waals surface area contributed by atoms with Gasteiger partial charge in [-0.05, 0) is 32.1 Å². The van der Waals surface area contributed by atoms with Gasteiger partial charge in [0.2, 0.25) is 0 Å². The number of nitrogens with zero attached hydrogens (tertiary/aromatic N) is 1. The van der Waals surface area contributed by atoms with Gasteiger partial charge in [0.1, 0.15) is 0 Å². The fraction of sp³-hybridized carbons (Fsp3) is 0.857. The second kappa shape index (κ2) is 6.78. The minimum atomic E-state index is -0.747. The number of carbonyl (C=O) groups is 2. The van der Waals surface area contributed by atoms with Gasteiger partial charge in [0, 0.05) is 19.1 Å². The van der Waals surface area contributed by atoms with Crippen molar-refractivity contribution >= 4 is 12.0 Å². The Morgan fingerprint density at radius 2 is 1.89 bits per heavy atom. The van der Waals surface area contributed by atoms with Gasteiger partial charge in [-0.25, -0.2) is 4.79 Å². The molecule has 0 saturated heterocycles. The molecule has 0 aromatic rings. The lowest BCUT2D eigenvalue weighted by molar-refractivity contribution is -0.143. The van der Waals surface area contributed by atoms with Crippen molar-refractivity contribution in [2.75, 3.05) is 7.05 Å². The number of urea groups is 1. The first kappa shape index (κ1) is 15.8. The van der Waals surface area contributed by atoms with Gasteiger partial charge in [0.15, 0.2) is 0 Å². The number of nitrogens with one attached hydrogen (secondary N) is 1. The van der Waals surface area contributed by atoms with Gasteiger partial charge in [-0.3, -0.25) is 4.79 Å². The fourth-order valence-corrected chi connectivity index (χ4v) is 2.45. The van der Waals surface area contributed by atoms with E-state index in [-0.39, 0.29) is 24.0 Å². The number of amides is 2. The zero-order valence-corrected chi connectivity index (χ0v) is 12.3. The Labute approximate surface area is 115 Å². The third kappa shape index (κ3) is 4.40. The van der Waals surface area contributed by atoms with Crippen molar-refractivity contribution < 1.29 is 14.7 Å². The standard InChI is InChI=1S/C14H26N2O3/c1-9(2)10(3)16(4)14(19)15-12-7-5-6-11(8-12)13(17)18/h9-12H,5-8H2,1-4H3,(H,15,19)(H,17,18). The quantitative estimate of drug-likeness (QED) is 0.823. The van der Waals surface area contributed by atoms with Crippen LogP contribution in [0, 0.1) is 11.8 Å². The van der Waals surface area contributed by atoms with Crippen LogP contribution in [0.4, 0.5) is 4.79 Å². The minimum Gasteiger partial charge on any atom is -0.481 e. The summed E-state index contributed by atoms with van der Waals surface area (Å²) in [4.78, 5) is 24.8. The van der Waals surface area contributed by atoms with Gasteiger partial charge in [-0.2, -0.15) is 0 Å². The van der Waals surface area contributed by atoms with Crippen LogP contribution >= 0.6 is 0 Å². The maximum atomic E-state index is 12.1. The van der Waals surface area contributed by atoms with Crippen LogP contribution in [0.3, 0.4) is 0 Å². The Balaban J connectivity index is 2.50. The van der Waals surface area contributed by atoms with Gasteiger partial charge in [-0.1, -0.05) is 20.3 Å². The van der Waals surface area contributed by atoms with Gasteiger partial charge >= 0.3 is 12.0 Å². The summed E-state index contributed by atoms with van der Waals surface area (Å²) in [6.07, 6.45) is 3.01. The highest BCUT2D eigenvalue weighted by Crippen LogP contribution is 2.24. The van der Waals surface area contributed by atoms with Crippen LogP contribution in [0.2, 0.25) is 0 Å². The fourth-order valence-electron chi connectivity index (χ4n) is 2.45. The molecule has 19 heavy (non-hydrogen) atoms. The first-order valence-electron chi connectivity index (χ1n) is 7.09. The van der Waals surface area contributed by atoms with Gasteiger partial charge in [-0.15, -0.1) is 0 Å². The molecule has 0 aromatic heterocycles. The van der Waals surface area contributed by atoms with E-state index in [0.717, 1.165) is 19.3 Å². The molecule has 0 spiro atoms. The van der Waals surface area contributed by atoms with E-state index in [0.29, 0.717) is 12.3 Å². The predicted octanol–water partition coefficient (Wildman–Crippen LogP) is 2.32. The van der Waals surface area contributed by atoms with Crippen molar-refractivity contribution in [1.82, 2.24) is 10.2 Å². The summed E-state index contributed by atoms with van der Waals surface area (Å²) in [5.41, 5.74) is 0. The molecule has 0 heterocycles. The summed E-state index contributed by atoms with van der Waals surface area (Å²) in [6.45, 7) is 6.18. The Bertz CT molecular complexity index is 331. The van der Waals surface area contributed by atoms with E-state index in [9.17, 15) is 9.59 Å². The molecule has 1 aliphatic carbocycles. The van der Waals surface area contributed by atoms with Crippen molar-refractivity contribution in [1.29, 1.82) is 0 Å². The molecule has 2 N–H and O–H groups in total. The third-order valence-corrected chi connectivity index (χ3v) is 4.25. The van der Waals surface area contributed by atoms with Crippen molar-refractivity contribution in [3.8, 4) is 0 Å². The third-order valence-electron chi connectivity index (χ3n) is 4.25. The Hall–Kier alpha value is -1.26. The second-order valence-corrected chi connectivity index (χ2v) is 5.94. The number of hydrogen-bond acceptors (Lipinski definition) is 2. The first-order chi connectivity index (χ1) is 8.82. The average Bonchev–Trinajstić information content (AvgIpc) is 2.37. The molecule has 1 rings (SSSR count). The number of carboxylic acid groups (broad SMARTS) is 1. The van der Waals surface area contributed by atoms with Crippen LogP contribution < -0.4 is 5.32 Å². The van der Waals surface area contributed by atoms with Crippen LogP contribution in [-0.2, 0) is 4.79 Å². The summed E-state index contributed by atoms with van der Waals surface area (Å²) in [7, 11) is 1.79. The molecule has 1 saturated carbocycles. The number of hydrogen-bond donors (Lipinski definition) is 2. The summed E-state index contributed by atoms with van der Waals surface area (Å²) in [5, 5.41) is 12.0. The molecule has 5 nitrogen and oxygen atoms in total. The molecule has 5 heteroatoms. The maximum Gasteiger partial charge on any atom is 0.317 e. The smallest absolute Gasteiger partial charge is 0.317 e. The van der Waals surface area contributed by atoms with Crippen LogP contribution in [0.5, 0.6) is 0 Å². The largest absolute Gasteiger partial charge is 0.481 e. The maximum absolute atomic E-state index is 12.1. The van der Waals surface area contributed by atoms with Crippen molar-refractivity contribution in [3.63, 3.8) is 0 Å². The van der Waals surface area contributed by atoms with E-state index < -0.39 is 5.97 Å². The zero-order chi connectivity index (χ0) is 14.6. The highest BCUT2D eigenvalue weighted by atomic mass is 16.4. The molecule has 3 unspecified atom stereocenters. The number of carbonyl (C=O) groups excluding carboxylic acids is 1. The van der Waals surface area contributed by atoms with Crippen molar-refractivity contribution in [2.45, 2.75) is 58.5 Å². The van der Waals surface area contributed by atoms with Gasteiger partial charge in [0.25, 0.3) is 0 Å². The van der Waals surface area contributed by atoms with Crippen molar-refractivity contribution in [3.05, 3.63) is 0 Å². The van der Waals surface area contributed by atoms with Crippen LogP contribution in [-0.4, -0.2) is 41.1 Å². The van der Waals surface area contributed by atoms with E-state index >= 15 is 0 Å². The Morgan fingerprint density at radius 3 is 2.42 bits per heavy atom. The van der Waals surface area contributed by atoms with E-state index in [1.807, 2.05) is 6.92 Å². The molecular formula is C14H26N2O3. The highest BCUT2D eigenvalue weighted by Gasteiger charge is 2.29. The summed E-state index contributed by atoms with van der Waals surface area (Å²) in [6, 6.07) is 0.0558. The monoisotopic (exact) mass is 270 g/mol. The molecule has 0 aliphatic heterocycles. The Morgan fingerprint density at radius 1 is 1.26 bits per heavy atom. The van der Waals surface area contributed by atoms with Crippen LogP contribution in [0.1, 0.15) is 46.5 Å². The zero-order valence-electron chi connectivity index (χ0n) is 12.3. The molecule has 0 radical (unpaired) electrons. The lowest BCUT2D eigenvalue weighted by Crippen LogP contribution is -2.49. The van der Waals surface area contributed by atoms with E-state index in [1.54, 1.807) is 11.9 Å². The van der Waals surface area contributed by atoms with Crippen LogP contribution in [0.25, 0.3) is 0 Å². The molecule has 2 amide bonds. The molecule has 1 fully saturated rings. The first-order valence-corrected chi connectivity index (χ1v) is 7.09.